The van der Waals surface area contributed by atoms with Gasteiger partial charge in [0.15, 0.2) is 4.34 Å². The van der Waals surface area contributed by atoms with Crippen molar-refractivity contribution < 1.29 is 0 Å². The topological polar surface area (TPSA) is 78.9 Å². The minimum Gasteiger partial charge on any atom is -0.384 e. The summed E-state index contributed by atoms with van der Waals surface area (Å²) in [4.78, 5) is 2.70. The molecule has 3 N–H and O–H groups in total. The Morgan fingerprint density at radius 1 is 1.42 bits per heavy atom. The summed E-state index contributed by atoms with van der Waals surface area (Å²) in [6.07, 6.45) is 0. The van der Waals surface area contributed by atoms with Gasteiger partial charge in [-0.2, -0.15) is 0 Å². The number of nitrogens with two attached hydrogens (primary N) is 1. The van der Waals surface area contributed by atoms with Crippen molar-refractivity contribution in [2.24, 2.45) is 5.73 Å². The third-order valence-corrected chi connectivity index (χ3v) is 4.74. The monoisotopic (exact) mass is 313 g/mol. The third kappa shape index (κ3) is 3.17. The SMILES string of the molecule is CN(C)c1nnc(Sc2cccc(Cl)c2C(=N)N)s1. The first-order valence-electron chi connectivity index (χ1n) is 5.30. The van der Waals surface area contributed by atoms with Gasteiger partial charge in [0.1, 0.15) is 5.84 Å². The molecule has 2 rings (SSSR count). The number of rotatable bonds is 4. The number of benzene rings is 1. The number of hydrogen-bond acceptors (Lipinski definition) is 6. The Morgan fingerprint density at radius 2 is 2.16 bits per heavy atom. The smallest absolute Gasteiger partial charge is 0.208 e. The molecule has 1 aromatic carbocycles. The molecule has 19 heavy (non-hydrogen) atoms. The van der Waals surface area contributed by atoms with Crippen LogP contribution in [-0.4, -0.2) is 30.1 Å². The van der Waals surface area contributed by atoms with E-state index in [0.29, 0.717) is 10.6 Å². The number of amidine groups is 1. The maximum Gasteiger partial charge on any atom is 0.208 e. The van der Waals surface area contributed by atoms with Gasteiger partial charge in [0.05, 0.1) is 5.02 Å². The van der Waals surface area contributed by atoms with Gasteiger partial charge in [-0.3, -0.25) is 5.41 Å². The Morgan fingerprint density at radius 3 is 2.74 bits per heavy atom. The molecule has 0 spiro atoms. The summed E-state index contributed by atoms with van der Waals surface area (Å²) in [5, 5.41) is 17.1. The first-order valence-corrected chi connectivity index (χ1v) is 7.31. The number of nitrogen functional groups attached to an aromatic ring is 1. The minimum absolute atomic E-state index is 0.0505. The molecule has 2 aromatic rings. The summed E-state index contributed by atoms with van der Waals surface area (Å²) < 4.78 is 0.786. The Labute approximate surface area is 124 Å². The standard InChI is InChI=1S/C11H12ClN5S2/c1-17(2)10-15-16-11(19-10)18-7-5-3-4-6(12)8(7)9(13)14/h3-5H,1-2H3,(H3,13,14). The molecule has 0 saturated heterocycles. The number of anilines is 1. The fourth-order valence-electron chi connectivity index (χ4n) is 1.37. The molecule has 0 amide bonds. The number of aromatic nitrogens is 2. The lowest BCUT2D eigenvalue weighted by atomic mass is 10.2. The summed E-state index contributed by atoms with van der Waals surface area (Å²) in [6, 6.07) is 5.41. The highest BCUT2D eigenvalue weighted by atomic mass is 35.5. The van der Waals surface area contributed by atoms with Crippen molar-refractivity contribution in [3.8, 4) is 0 Å². The van der Waals surface area contributed by atoms with Gasteiger partial charge >= 0.3 is 0 Å². The summed E-state index contributed by atoms with van der Waals surface area (Å²) >= 11 is 8.95. The Kier molecular flexibility index (Phi) is 4.28. The normalized spacial score (nSPS) is 10.5. The molecule has 0 bridgehead atoms. The van der Waals surface area contributed by atoms with Gasteiger partial charge in [0.2, 0.25) is 5.13 Å². The van der Waals surface area contributed by atoms with E-state index in [0.717, 1.165) is 14.4 Å². The van der Waals surface area contributed by atoms with Gasteiger partial charge in [0.25, 0.3) is 0 Å². The summed E-state index contributed by atoms with van der Waals surface area (Å²) in [5.41, 5.74) is 6.10. The zero-order valence-electron chi connectivity index (χ0n) is 10.3. The van der Waals surface area contributed by atoms with Crippen LogP contribution < -0.4 is 10.6 Å². The second-order valence-electron chi connectivity index (χ2n) is 3.87. The lowest BCUT2D eigenvalue weighted by Gasteiger charge is -2.07. The molecule has 0 atom stereocenters. The Bertz CT molecular complexity index is 611. The molecule has 100 valence electrons. The summed E-state index contributed by atoms with van der Waals surface area (Å²) in [6.45, 7) is 0. The quantitative estimate of drug-likeness (QED) is 0.670. The van der Waals surface area contributed by atoms with Crippen molar-refractivity contribution in [2.45, 2.75) is 9.24 Å². The zero-order chi connectivity index (χ0) is 14.0. The molecule has 1 aromatic heterocycles. The molecule has 0 radical (unpaired) electrons. The van der Waals surface area contributed by atoms with Crippen LogP contribution in [0.15, 0.2) is 27.4 Å². The van der Waals surface area contributed by atoms with Crippen LogP contribution in [0.1, 0.15) is 5.56 Å². The van der Waals surface area contributed by atoms with Gasteiger partial charge in [0, 0.05) is 24.6 Å². The van der Waals surface area contributed by atoms with Crippen molar-refractivity contribution in [2.75, 3.05) is 19.0 Å². The molecule has 1 heterocycles. The largest absolute Gasteiger partial charge is 0.384 e. The fourth-order valence-corrected chi connectivity index (χ4v) is 3.60. The highest BCUT2D eigenvalue weighted by Crippen LogP contribution is 2.36. The molecule has 0 fully saturated rings. The third-order valence-electron chi connectivity index (χ3n) is 2.22. The summed E-state index contributed by atoms with van der Waals surface area (Å²) in [7, 11) is 3.82. The van der Waals surface area contributed by atoms with Crippen molar-refractivity contribution >= 4 is 45.7 Å². The lowest BCUT2D eigenvalue weighted by Crippen LogP contribution is -2.12. The van der Waals surface area contributed by atoms with Crippen LogP contribution in [0, 0.1) is 5.41 Å². The molecule has 0 saturated carbocycles. The van der Waals surface area contributed by atoms with E-state index in [1.165, 1.54) is 23.1 Å². The maximum absolute atomic E-state index is 7.60. The molecule has 0 unspecified atom stereocenters. The first-order chi connectivity index (χ1) is 8.99. The molecule has 0 aliphatic rings. The molecular formula is C11H12ClN5S2. The van der Waals surface area contributed by atoms with E-state index in [1.54, 1.807) is 6.07 Å². The second kappa shape index (κ2) is 5.77. The van der Waals surface area contributed by atoms with E-state index in [9.17, 15) is 0 Å². The highest BCUT2D eigenvalue weighted by Gasteiger charge is 2.14. The van der Waals surface area contributed by atoms with Crippen molar-refractivity contribution in [3.05, 3.63) is 28.8 Å². The summed E-state index contributed by atoms with van der Waals surface area (Å²) in [5.74, 6) is -0.0505. The van der Waals surface area contributed by atoms with E-state index >= 15 is 0 Å². The van der Waals surface area contributed by atoms with Gasteiger partial charge in [-0.15, -0.1) is 10.2 Å². The molecule has 5 nitrogen and oxygen atoms in total. The van der Waals surface area contributed by atoms with Crippen molar-refractivity contribution in [1.29, 1.82) is 5.41 Å². The van der Waals surface area contributed by atoms with E-state index in [2.05, 4.69) is 10.2 Å². The van der Waals surface area contributed by atoms with Crippen LogP contribution in [0.2, 0.25) is 5.02 Å². The lowest BCUT2D eigenvalue weighted by molar-refractivity contribution is 0.972. The average Bonchev–Trinajstić information content (AvgIpc) is 2.77. The van der Waals surface area contributed by atoms with Crippen LogP contribution in [0.3, 0.4) is 0 Å². The van der Waals surface area contributed by atoms with E-state index < -0.39 is 0 Å². The average molecular weight is 314 g/mol. The van der Waals surface area contributed by atoms with Gasteiger partial charge < -0.3 is 10.6 Å². The number of hydrogen-bond donors (Lipinski definition) is 2. The number of nitrogens with zero attached hydrogens (tertiary/aromatic N) is 3. The van der Waals surface area contributed by atoms with Gasteiger partial charge in [-0.25, -0.2) is 0 Å². The second-order valence-corrected chi connectivity index (χ2v) is 6.53. The van der Waals surface area contributed by atoms with Crippen LogP contribution in [0.5, 0.6) is 0 Å². The highest BCUT2D eigenvalue weighted by molar-refractivity contribution is 8.01. The van der Waals surface area contributed by atoms with E-state index in [4.69, 9.17) is 22.7 Å². The first kappa shape index (κ1) is 14.1. The molecule has 0 aliphatic heterocycles. The van der Waals surface area contributed by atoms with Crippen LogP contribution in [0.25, 0.3) is 0 Å². The predicted molar refractivity (Wildman–Crippen MR) is 80.8 cm³/mol. The Balaban J connectivity index is 2.32. The van der Waals surface area contributed by atoms with Crippen LogP contribution in [0.4, 0.5) is 5.13 Å². The van der Waals surface area contributed by atoms with E-state index in [-0.39, 0.29) is 5.84 Å². The molecule has 0 aliphatic carbocycles. The zero-order valence-corrected chi connectivity index (χ0v) is 12.7. The van der Waals surface area contributed by atoms with E-state index in [1.807, 2.05) is 31.1 Å². The van der Waals surface area contributed by atoms with Crippen molar-refractivity contribution in [1.82, 2.24) is 10.2 Å². The molecule has 8 heteroatoms. The number of nitrogens with one attached hydrogen (secondary N) is 1. The van der Waals surface area contributed by atoms with Crippen molar-refractivity contribution in [3.63, 3.8) is 0 Å². The fraction of sp³-hybridized carbons (Fsp3) is 0.182. The van der Waals surface area contributed by atoms with Crippen LogP contribution >= 0.6 is 34.7 Å². The van der Waals surface area contributed by atoms with Crippen LogP contribution in [-0.2, 0) is 0 Å². The maximum atomic E-state index is 7.60. The predicted octanol–water partition coefficient (Wildman–Crippen LogP) is 2.69. The van der Waals surface area contributed by atoms with Gasteiger partial charge in [-0.05, 0) is 12.1 Å². The van der Waals surface area contributed by atoms with Gasteiger partial charge in [-0.1, -0.05) is 40.8 Å². The Hall–Kier alpha value is -1.31. The number of halogens is 1. The molecular weight excluding hydrogens is 302 g/mol. The minimum atomic E-state index is -0.0505.